The van der Waals surface area contributed by atoms with Gasteiger partial charge in [0.2, 0.25) is 0 Å². The summed E-state index contributed by atoms with van der Waals surface area (Å²) in [6.07, 6.45) is 1.44. The van der Waals surface area contributed by atoms with E-state index in [4.69, 9.17) is 22.1 Å². The van der Waals surface area contributed by atoms with Gasteiger partial charge in [-0.25, -0.2) is 4.98 Å². The molecule has 1 aliphatic rings. The summed E-state index contributed by atoms with van der Waals surface area (Å²) in [6, 6.07) is 10.6. The Labute approximate surface area is 144 Å². The number of aliphatic imine (C=N–C) groups is 1. The van der Waals surface area contributed by atoms with Crippen molar-refractivity contribution < 1.29 is 9.53 Å². The van der Waals surface area contributed by atoms with Crippen molar-refractivity contribution in [1.29, 1.82) is 0 Å². The molecular formula is C17H17ClN4O2. The minimum absolute atomic E-state index is 0.291. The van der Waals surface area contributed by atoms with Crippen molar-refractivity contribution in [1.82, 2.24) is 4.98 Å². The average Bonchev–Trinajstić information content (AvgIpc) is 2.55. The molecule has 0 spiro atoms. The molecule has 6 nitrogen and oxygen atoms in total. The Kier molecular flexibility index (Phi) is 4.51. The Morgan fingerprint density at radius 3 is 2.92 bits per heavy atom. The molecule has 0 saturated heterocycles. The zero-order chi connectivity index (χ0) is 17.2. The van der Waals surface area contributed by atoms with E-state index in [1.165, 1.54) is 6.20 Å². The van der Waals surface area contributed by atoms with Gasteiger partial charge in [0.05, 0.1) is 11.6 Å². The summed E-state index contributed by atoms with van der Waals surface area (Å²) in [5, 5.41) is 3.30. The molecule has 0 unspecified atom stereocenters. The first kappa shape index (κ1) is 16.4. The molecule has 0 saturated carbocycles. The van der Waals surface area contributed by atoms with Crippen LogP contribution in [0.5, 0.6) is 0 Å². The van der Waals surface area contributed by atoms with Crippen LogP contribution in [0.2, 0.25) is 5.02 Å². The minimum atomic E-state index is -0.568. The third kappa shape index (κ3) is 3.55. The summed E-state index contributed by atoms with van der Waals surface area (Å²) in [4.78, 5) is 20.8. The highest BCUT2D eigenvalue weighted by Gasteiger charge is 2.30. The molecule has 0 bridgehead atoms. The van der Waals surface area contributed by atoms with Crippen LogP contribution in [-0.4, -0.2) is 29.9 Å². The third-order valence-electron chi connectivity index (χ3n) is 3.73. The summed E-state index contributed by atoms with van der Waals surface area (Å²) in [5.74, 6) is 0.153. The van der Waals surface area contributed by atoms with E-state index >= 15 is 0 Å². The van der Waals surface area contributed by atoms with Gasteiger partial charge in [0, 0.05) is 11.9 Å². The monoisotopic (exact) mass is 344 g/mol. The number of amidine groups is 1. The van der Waals surface area contributed by atoms with Gasteiger partial charge in [-0.3, -0.25) is 9.79 Å². The number of nitrogens with two attached hydrogens (primary N) is 1. The molecule has 0 fully saturated rings. The van der Waals surface area contributed by atoms with Crippen molar-refractivity contribution in [3.8, 4) is 0 Å². The third-order valence-corrected chi connectivity index (χ3v) is 3.95. The molecular weight excluding hydrogens is 328 g/mol. The number of benzene rings is 1. The fourth-order valence-electron chi connectivity index (χ4n) is 2.52. The number of pyridine rings is 1. The first-order valence-electron chi connectivity index (χ1n) is 7.42. The number of amides is 1. The lowest BCUT2D eigenvalue weighted by atomic mass is 9.92. The highest BCUT2D eigenvalue weighted by Crippen LogP contribution is 2.30. The number of hydrogen-bond acceptors (Lipinski definition) is 5. The Balaban J connectivity index is 1.82. The van der Waals surface area contributed by atoms with Gasteiger partial charge in [-0.1, -0.05) is 23.7 Å². The van der Waals surface area contributed by atoms with E-state index < -0.39 is 5.54 Å². The molecule has 3 rings (SSSR count). The molecule has 0 radical (unpaired) electrons. The van der Waals surface area contributed by atoms with Gasteiger partial charge in [0.1, 0.15) is 23.7 Å². The number of nitrogens with one attached hydrogen (secondary N) is 1. The van der Waals surface area contributed by atoms with Crippen LogP contribution in [0.15, 0.2) is 47.6 Å². The van der Waals surface area contributed by atoms with Gasteiger partial charge in [0.15, 0.2) is 0 Å². The van der Waals surface area contributed by atoms with Crippen molar-refractivity contribution in [2.24, 2.45) is 10.7 Å². The molecule has 1 aliphatic heterocycles. The first-order valence-corrected chi connectivity index (χ1v) is 7.79. The fraction of sp³-hybridized carbons (Fsp3) is 0.235. The standard InChI is InChI=1S/C17H17ClN4O2/c1-17(10-24-9-15(19)22-17)11-3-2-4-13(7-11)21-16(23)14-6-5-12(18)8-20-14/h2-8H,9-10H2,1H3,(H2,19,22)(H,21,23)/t17-/m0/s1. The van der Waals surface area contributed by atoms with Gasteiger partial charge >= 0.3 is 0 Å². The van der Waals surface area contributed by atoms with Crippen LogP contribution in [0.4, 0.5) is 5.69 Å². The molecule has 3 N–H and O–H groups in total. The second-order valence-electron chi connectivity index (χ2n) is 5.77. The number of rotatable bonds is 3. The molecule has 2 aromatic rings. The van der Waals surface area contributed by atoms with E-state index in [1.807, 2.05) is 25.1 Å². The Hall–Kier alpha value is -2.44. The largest absolute Gasteiger partial charge is 0.386 e. The summed E-state index contributed by atoms with van der Waals surface area (Å²) in [5.41, 5.74) is 7.07. The van der Waals surface area contributed by atoms with E-state index in [2.05, 4.69) is 15.3 Å². The van der Waals surface area contributed by atoms with Gasteiger partial charge in [-0.05, 0) is 36.8 Å². The Morgan fingerprint density at radius 2 is 2.21 bits per heavy atom. The molecule has 24 heavy (non-hydrogen) atoms. The molecule has 0 aliphatic carbocycles. The molecule has 7 heteroatoms. The maximum Gasteiger partial charge on any atom is 0.274 e. The molecule has 1 atom stereocenters. The van der Waals surface area contributed by atoms with Crippen LogP contribution >= 0.6 is 11.6 Å². The van der Waals surface area contributed by atoms with Crippen LogP contribution in [0, 0.1) is 0 Å². The molecule has 1 amide bonds. The van der Waals surface area contributed by atoms with Crippen molar-refractivity contribution >= 4 is 29.0 Å². The van der Waals surface area contributed by atoms with Crippen LogP contribution in [-0.2, 0) is 10.3 Å². The highest BCUT2D eigenvalue weighted by molar-refractivity contribution is 6.30. The van der Waals surface area contributed by atoms with Gasteiger partial charge in [0.25, 0.3) is 5.91 Å². The maximum absolute atomic E-state index is 12.3. The second kappa shape index (κ2) is 6.59. The minimum Gasteiger partial charge on any atom is -0.386 e. The fourth-order valence-corrected chi connectivity index (χ4v) is 2.63. The van der Waals surface area contributed by atoms with Crippen LogP contribution in [0.1, 0.15) is 23.0 Å². The predicted molar refractivity (Wildman–Crippen MR) is 93.4 cm³/mol. The lowest BCUT2D eigenvalue weighted by molar-refractivity contribution is 0.102. The van der Waals surface area contributed by atoms with Crippen LogP contribution in [0.3, 0.4) is 0 Å². The van der Waals surface area contributed by atoms with Crippen molar-refractivity contribution in [2.75, 3.05) is 18.5 Å². The van der Waals surface area contributed by atoms with Crippen molar-refractivity contribution in [3.63, 3.8) is 0 Å². The topological polar surface area (TPSA) is 89.6 Å². The van der Waals surface area contributed by atoms with Gasteiger partial charge < -0.3 is 15.8 Å². The highest BCUT2D eigenvalue weighted by atomic mass is 35.5. The summed E-state index contributed by atoms with van der Waals surface area (Å²) < 4.78 is 5.49. The summed E-state index contributed by atoms with van der Waals surface area (Å²) in [6.45, 7) is 2.72. The Bertz CT molecular complexity index is 791. The molecule has 124 valence electrons. The van der Waals surface area contributed by atoms with E-state index in [0.29, 0.717) is 35.5 Å². The van der Waals surface area contributed by atoms with Gasteiger partial charge in [-0.2, -0.15) is 0 Å². The van der Waals surface area contributed by atoms with E-state index in [0.717, 1.165) is 5.56 Å². The van der Waals surface area contributed by atoms with Crippen molar-refractivity contribution in [3.05, 3.63) is 58.9 Å². The maximum atomic E-state index is 12.3. The number of anilines is 1. The average molecular weight is 345 g/mol. The van der Waals surface area contributed by atoms with Crippen LogP contribution in [0.25, 0.3) is 0 Å². The summed E-state index contributed by atoms with van der Waals surface area (Å²) in [7, 11) is 0. The van der Waals surface area contributed by atoms with E-state index in [-0.39, 0.29) is 5.91 Å². The van der Waals surface area contributed by atoms with Crippen LogP contribution < -0.4 is 11.1 Å². The number of carbonyl (C=O) groups is 1. The van der Waals surface area contributed by atoms with E-state index in [1.54, 1.807) is 18.2 Å². The number of halogens is 1. The van der Waals surface area contributed by atoms with Crippen molar-refractivity contribution in [2.45, 2.75) is 12.5 Å². The smallest absolute Gasteiger partial charge is 0.274 e. The molecule has 2 heterocycles. The van der Waals surface area contributed by atoms with Gasteiger partial charge in [-0.15, -0.1) is 0 Å². The lowest BCUT2D eigenvalue weighted by Gasteiger charge is -2.30. The normalized spacial score (nSPS) is 20.3. The second-order valence-corrected chi connectivity index (χ2v) is 6.20. The molecule has 1 aromatic carbocycles. The number of aromatic nitrogens is 1. The number of hydrogen-bond donors (Lipinski definition) is 2. The quantitative estimate of drug-likeness (QED) is 0.895. The molecule has 1 aromatic heterocycles. The first-order chi connectivity index (χ1) is 11.5. The number of nitrogens with zero attached hydrogens (tertiary/aromatic N) is 2. The number of carbonyl (C=O) groups excluding carboxylic acids is 1. The Morgan fingerprint density at radius 1 is 1.38 bits per heavy atom. The lowest BCUT2D eigenvalue weighted by Crippen LogP contribution is -2.37. The predicted octanol–water partition coefficient (Wildman–Crippen LogP) is 2.59. The van der Waals surface area contributed by atoms with E-state index in [9.17, 15) is 4.79 Å². The SMILES string of the molecule is C[C@@]1(c2cccc(NC(=O)c3ccc(Cl)cn3)c2)COCC(N)=N1. The zero-order valence-corrected chi connectivity index (χ0v) is 13.9. The summed E-state index contributed by atoms with van der Waals surface area (Å²) >= 11 is 5.78. The number of ether oxygens (including phenoxy) is 1. The zero-order valence-electron chi connectivity index (χ0n) is 13.1.